The van der Waals surface area contributed by atoms with Crippen molar-refractivity contribution in [3.05, 3.63) is 72.9 Å². The predicted octanol–water partition coefficient (Wildman–Crippen LogP) is 18.7. The van der Waals surface area contributed by atoms with Gasteiger partial charge in [-0.1, -0.05) is 235 Å². The Balaban J connectivity index is 4.33. The average Bonchev–Trinajstić information content (AvgIpc) is 3.30. The molecule has 0 heterocycles. The summed E-state index contributed by atoms with van der Waals surface area (Å²) in [5.74, 6) is -0.446. The lowest BCUT2D eigenvalue weighted by Gasteiger charge is -2.18. The standard InChI is InChI=1S/C59H104O5/c1-4-7-10-13-16-19-22-25-28-30-32-34-37-40-43-46-49-52-58(60)63-56-57(55-62-54-51-48-45-42-39-36-33-29-26-23-20-17-14-11-8-5-2)64-59(61)53-50-47-44-41-38-35-31-27-24-21-18-15-12-9-6-3/h9,12,16,18-19,21,25,27-28,31,38,41,57H,4-8,10-11,13-15,17,20,22-24,26,29-30,32-37,39-40,42-56H2,1-3H3/b12-9-,19-16-,21-18-,28-25-,31-27-,41-38-/t57-/m1/s1. The van der Waals surface area contributed by atoms with E-state index in [0.717, 1.165) is 83.5 Å². The van der Waals surface area contributed by atoms with Gasteiger partial charge in [0.2, 0.25) is 0 Å². The van der Waals surface area contributed by atoms with Gasteiger partial charge in [-0.25, -0.2) is 0 Å². The number of allylic oxidation sites excluding steroid dienone is 12. The van der Waals surface area contributed by atoms with Gasteiger partial charge in [0.1, 0.15) is 6.61 Å². The molecule has 0 aromatic heterocycles. The van der Waals surface area contributed by atoms with Crippen molar-refractivity contribution in [2.45, 2.75) is 271 Å². The van der Waals surface area contributed by atoms with E-state index < -0.39 is 6.10 Å². The average molecular weight is 893 g/mol. The van der Waals surface area contributed by atoms with Crippen molar-refractivity contribution < 1.29 is 23.8 Å². The minimum atomic E-state index is -0.561. The highest BCUT2D eigenvalue weighted by molar-refractivity contribution is 5.70. The molecular formula is C59H104O5. The van der Waals surface area contributed by atoms with Crippen LogP contribution in [0.25, 0.3) is 0 Å². The zero-order chi connectivity index (χ0) is 46.3. The highest BCUT2D eigenvalue weighted by Crippen LogP contribution is 2.15. The maximum Gasteiger partial charge on any atom is 0.306 e. The van der Waals surface area contributed by atoms with Crippen molar-refractivity contribution in [1.82, 2.24) is 0 Å². The molecule has 0 spiro atoms. The molecule has 0 aliphatic heterocycles. The molecule has 0 aliphatic rings. The van der Waals surface area contributed by atoms with Crippen LogP contribution < -0.4 is 0 Å². The molecular weight excluding hydrogens is 789 g/mol. The van der Waals surface area contributed by atoms with Crippen molar-refractivity contribution in [3.63, 3.8) is 0 Å². The lowest BCUT2D eigenvalue weighted by atomic mass is 10.0. The van der Waals surface area contributed by atoms with Gasteiger partial charge in [-0.3, -0.25) is 9.59 Å². The van der Waals surface area contributed by atoms with Crippen LogP contribution in [0.4, 0.5) is 0 Å². The minimum absolute atomic E-state index is 0.0647. The van der Waals surface area contributed by atoms with Gasteiger partial charge in [0, 0.05) is 19.4 Å². The predicted molar refractivity (Wildman–Crippen MR) is 279 cm³/mol. The molecule has 1 atom stereocenters. The van der Waals surface area contributed by atoms with Crippen LogP contribution >= 0.6 is 0 Å². The van der Waals surface area contributed by atoms with Crippen LogP contribution in [0, 0.1) is 0 Å². The minimum Gasteiger partial charge on any atom is -0.462 e. The molecule has 0 aromatic rings. The fraction of sp³-hybridized carbons (Fsp3) is 0.763. The Hall–Kier alpha value is -2.66. The molecule has 0 N–H and O–H groups in total. The van der Waals surface area contributed by atoms with Gasteiger partial charge >= 0.3 is 11.9 Å². The van der Waals surface area contributed by atoms with Crippen molar-refractivity contribution >= 4 is 11.9 Å². The molecule has 0 amide bonds. The first kappa shape index (κ1) is 61.3. The summed E-state index contributed by atoms with van der Waals surface area (Å²) < 4.78 is 17.4. The van der Waals surface area contributed by atoms with E-state index in [1.54, 1.807) is 0 Å². The zero-order valence-corrected chi connectivity index (χ0v) is 42.5. The number of esters is 2. The second kappa shape index (κ2) is 54.7. The molecule has 0 fully saturated rings. The van der Waals surface area contributed by atoms with Gasteiger partial charge in [-0.15, -0.1) is 0 Å². The zero-order valence-electron chi connectivity index (χ0n) is 42.5. The summed E-state index contributed by atoms with van der Waals surface area (Å²) >= 11 is 0. The molecule has 64 heavy (non-hydrogen) atoms. The third kappa shape index (κ3) is 52.0. The lowest BCUT2D eigenvalue weighted by Crippen LogP contribution is -2.30. The highest BCUT2D eigenvalue weighted by atomic mass is 16.6. The summed E-state index contributed by atoms with van der Waals surface area (Å²) in [6.07, 6.45) is 70.6. The van der Waals surface area contributed by atoms with Gasteiger partial charge in [0.05, 0.1) is 6.61 Å². The molecule has 5 nitrogen and oxygen atoms in total. The van der Waals surface area contributed by atoms with E-state index >= 15 is 0 Å². The molecule has 0 saturated heterocycles. The number of unbranched alkanes of at least 4 members (excludes halogenated alkanes) is 27. The second-order valence-electron chi connectivity index (χ2n) is 18.1. The van der Waals surface area contributed by atoms with Crippen molar-refractivity contribution in [2.24, 2.45) is 0 Å². The van der Waals surface area contributed by atoms with E-state index in [4.69, 9.17) is 14.2 Å². The number of carbonyl (C=O) groups excluding carboxylic acids is 2. The number of hydrogen-bond acceptors (Lipinski definition) is 5. The number of ether oxygens (including phenoxy) is 3. The van der Waals surface area contributed by atoms with E-state index in [9.17, 15) is 9.59 Å². The number of carbonyl (C=O) groups is 2. The Labute approximate surface area is 397 Å². The Morgan fingerprint density at radius 3 is 1.19 bits per heavy atom. The van der Waals surface area contributed by atoms with E-state index in [-0.39, 0.29) is 25.2 Å². The fourth-order valence-electron chi connectivity index (χ4n) is 7.65. The summed E-state index contributed by atoms with van der Waals surface area (Å²) in [5, 5.41) is 0. The Morgan fingerprint density at radius 1 is 0.359 bits per heavy atom. The van der Waals surface area contributed by atoms with E-state index in [1.165, 1.54) is 148 Å². The number of rotatable bonds is 50. The van der Waals surface area contributed by atoms with Crippen molar-refractivity contribution in [3.8, 4) is 0 Å². The van der Waals surface area contributed by atoms with Crippen molar-refractivity contribution in [1.29, 1.82) is 0 Å². The van der Waals surface area contributed by atoms with Gasteiger partial charge < -0.3 is 14.2 Å². The quantitative estimate of drug-likeness (QED) is 0.0346. The van der Waals surface area contributed by atoms with Gasteiger partial charge in [-0.2, -0.15) is 0 Å². The number of hydrogen-bond donors (Lipinski definition) is 0. The summed E-state index contributed by atoms with van der Waals surface area (Å²) in [5.41, 5.74) is 0. The highest BCUT2D eigenvalue weighted by Gasteiger charge is 2.17. The summed E-state index contributed by atoms with van der Waals surface area (Å²) in [6.45, 7) is 7.67. The first-order chi connectivity index (χ1) is 31.6. The van der Waals surface area contributed by atoms with Crippen LogP contribution in [-0.2, 0) is 23.8 Å². The third-order valence-electron chi connectivity index (χ3n) is 11.7. The van der Waals surface area contributed by atoms with Crippen LogP contribution in [0.2, 0.25) is 0 Å². The Morgan fingerprint density at radius 2 is 0.703 bits per heavy atom. The molecule has 0 radical (unpaired) electrons. The molecule has 0 bridgehead atoms. The molecule has 370 valence electrons. The lowest BCUT2D eigenvalue weighted by molar-refractivity contribution is -0.163. The first-order valence-corrected chi connectivity index (χ1v) is 27.5. The van der Waals surface area contributed by atoms with Crippen molar-refractivity contribution in [2.75, 3.05) is 19.8 Å². The van der Waals surface area contributed by atoms with Gasteiger partial charge in [-0.05, 0) is 89.9 Å². The topological polar surface area (TPSA) is 61.8 Å². The summed E-state index contributed by atoms with van der Waals surface area (Å²) in [7, 11) is 0. The maximum atomic E-state index is 12.8. The molecule has 5 heteroatoms. The maximum absolute atomic E-state index is 12.8. The van der Waals surface area contributed by atoms with E-state index in [0.29, 0.717) is 19.4 Å². The fourth-order valence-corrected chi connectivity index (χ4v) is 7.65. The van der Waals surface area contributed by atoms with Gasteiger partial charge in [0.25, 0.3) is 0 Å². The first-order valence-electron chi connectivity index (χ1n) is 27.5. The Kier molecular flexibility index (Phi) is 52.4. The largest absolute Gasteiger partial charge is 0.462 e. The van der Waals surface area contributed by atoms with Gasteiger partial charge in [0.15, 0.2) is 6.10 Å². The van der Waals surface area contributed by atoms with Crippen LogP contribution in [0.3, 0.4) is 0 Å². The monoisotopic (exact) mass is 893 g/mol. The smallest absolute Gasteiger partial charge is 0.306 e. The molecule has 0 aromatic carbocycles. The summed E-state index contributed by atoms with van der Waals surface area (Å²) in [4.78, 5) is 25.4. The normalized spacial score (nSPS) is 12.7. The third-order valence-corrected chi connectivity index (χ3v) is 11.7. The Bertz CT molecular complexity index is 1150. The molecule has 0 unspecified atom stereocenters. The van der Waals surface area contributed by atoms with Crippen LogP contribution in [-0.4, -0.2) is 37.9 Å². The van der Waals surface area contributed by atoms with E-state index in [1.807, 2.05) is 0 Å². The SMILES string of the molecule is CC/C=C\C/C=C\C/C=C\C/C=C\CCCCC(=O)O[C@H](COCCCCCCCCCCCCCCCCCC)COC(=O)CCCCCCCCC/C=C\C/C=C\CCCCC. The second-order valence-corrected chi connectivity index (χ2v) is 18.1. The van der Waals surface area contributed by atoms with Crippen LogP contribution in [0.15, 0.2) is 72.9 Å². The summed E-state index contributed by atoms with van der Waals surface area (Å²) in [6, 6.07) is 0. The molecule has 0 aliphatic carbocycles. The molecule has 0 saturated carbocycles. The van der Waals surface area contributed by atoms with E-state index in [2.05, 4.69) is 93.7 Å². The van der Waals surface area contributed by atoms with Crippen LogP contribution in [0.5, 0.6) is 0 Å². The van der Waals surface area contributed by atoms with Crippen LogP contribution in [0.1, 0.15) is 265 Å². The molecule has 0 rings (SSSR count).